The van der Waals surface area contributed by atoms with E-state index in [9.17, 15) is 14.7 Å². The van der Waals surface area contributed by atoms with Crippen molar-refractivity contribution in [2.24, 2.45) is 0 Å². The van der Waals surface area contributed by atoms with Gasteiger partial charge in [-0.3, -0.25) is 9.59 Å². The topological polar surface area (TPSA) is 88.1 Å². The molecule has 4 rings (SSSR count). The maximum absolute atomic E-state index is 14.0. The number of amides is 2. The molecular formula is C27H30N2O5S. The summed E-state index contributed by atoms with van der Waals surface area (Å²) in [5.41, 5.74) is 1.01. The Morgan fingerprint density at radius 1 is 1.06 bits per heavy atom. The Balaban J connectivity index is 1.75. The molecule has 0 aliphatic heterocycles. The molecule has 1 heterocycles. The van der Waals surface area contributed by atoms with E-state index < -0.39 is 6.04 Å². The van der Waals surface area contributed by atoms with Crippen LogP contribution in [0.5, 0.6) is 17.2 Å². The predicted octanol–water partition coefficient (Wildman–Crippen LogP) is 4.91. The van der Waals surface area contributed by atoms with E-state index in [1.165, 1.54) is 37.7 Å². The normalized spacial score (nSPS) is 14.3. The van der Waals surface area contributed by atoms with Crippen molar-refractivity contribution in [3.8, 4) is 17.2 Å². The van der Waals surface area contributed by atoms with E-state index in [0.29, 0.717) is 22.6 Å². The third-order valence-electron chi connectivity index (χ3n) is 6.27. The molecule has 0 spiro atoms. The number of rotatable bonds is 9. The van der Waals surface area contributed by atoms with Crippen LogP contribution in [0, 0.1) is 0 Å². The van der Waals surface area contributed by atoms with Gasteiger partial charge in [-0.2, -0.15) is 0 Å². The second-order valence-electron chi connectivity index (χ2n) is 8.57. The van der Waals surface area contributed by atoms with Crippen LogP contribution in [0.2, 0.25) is 0 Å². The number of aromatic hydroxyl groups is 1. The highest BCUT2D eigenvalue weighted by atomic mass is 32.1. The van der Waals surface area contributed by atoms with Crippen molar-refractivity contribution < 1.29 is 24.2 Å². The quantitative estimate of drug-likeness (QED) is 0.441. The number of hydrogen-bond donors (Lipinski definition) is 2. The first-order valence-corrected chi connectivity index (χ1v) is 12.5. The molecule has 0 radical (unpaired) electrons. The van der Waals surface area contributed by atoms with Crippen molar-refractivity contribution >= 4 is 23.2 Å². The Bertz CT molecular complexity index is 1140. The van der Waals surface area contributed by atoms with Gasteiger partial charge in [-0.1, -0.05) is 31.0 Å². The molecule has 0 bridgehead atoms. The van der Waals surface area contributed by atoms with Gasteiger partial charge in [0.15, 0.2) is 11.5 Å². The molecule has 0 saturated heterocycles. The molecule has 3 aromatic rings. The van der Waals surface area contributed by atoms with Gasteiger partial charge in [0.25, 0.3) is 5.91 Å². The number of carbonyl (C=O) groups excluding carboxylic acids is 2. The van der Waals surface area contributed by atoms with Crippen molar-refractivity contribution in [1.29, 1.82) is 0 Å². The van der Waals surface area contributed by atoms with E-state index in [2.05, 4.69) is 5.32 Å². The Hall–Kier alpha value is -3.52. The number of phenolic OH excluding ortho intramolecular Hbond substituents is 1. The lowest BCUT2D eigenvalue weighted by Gasteiger charge is -2.32. The first kappa shape index (κ1) is 24.6. The Kier molecular flexibility index (Phi) is 7.92. The van der Waals surface area contributed by atoms with Crippen molar-refractivity contribution in [3.05, 3.63) is 76.0 Å². The molecule has 1 aliphatic carbocycles. The number of carbonyl (C=O) groups is 2. The zero-order chi connectivity index (χ0) is 24.8. The fraction of sp³-hybridized carbons (Fsp3) is 0.333. The van der Waals surface area contributed by atoms with E-state index in [1.54, 1.807) is 35.2 Å². The van der Waals surface area contributed by atoms with Gasteiger partial charge < -0.3 is 24.8 Å². The molecule has 8 heteroatoms. The lowest BCUT2D eigenvalue weighted by molar-refractivity contribution is -0.126. The van der Waals surface area contributed by atoms with E-state index in [1.807, 2.05) is 17.5 Å². The van der Waals surface area contributed by atoms with Crippen LogP contribution in [-0.2, 0) is 11.3 Å². The minimum atomic E-state index is -0.876. The maximum Gasteiger partial charge on any atom is 0.255 e. The monoisotopic (exact) mass is 494 g/mol. The molecule has 35 heavy (non-hydrogen) atoms. The van der Waals surface area contributed by atoms with Gasteiger partial charge in [-0.25, -0.2) is 0 Å². The second kappa shape index (κ2) is 11.3. The number of thiophene rings is 1. The summed E-state index contributed by atoms with van der Waals surface area (Å²) < 4.78 is 10.7. The number of nitrogens with one attached hydrogen (secondary N) is 1. The molecule has 1 fully saturated rings. The van der Waals surface area contributed by atoms with Gasteiger partial charge in [0.05, 0.1) is 20.8 Å². The largest absolute Gasteiger partial charge is 0.508 e. The van der Waals surface area contributed by atoms with E-state index in [4.69, 9.17) is 9.47 Å². The van der Waals surface area contributed by atoms with Crippen LogP contribution in [0.3, 0.4) is 0 Å². The van der Waals surface area contributed by atoms with Crippen LogP contribution in [0.25, 0.3) is 0 Å². The average Bonchev–Trinajstić information content (AvgIpc) is 3.58. The lowest BCUT2D eigenvalue weighted by Crippen LogP contribution is -2.45. The van der Waals surface area contributed by atoms with Crippen LogP contribution < -0.4 is 14.8 Å². The fourth-order valence-electron chi connectivity index (χ4n) is 4.47. The van der Waals surface area contributed by atoms with Crippen molar-refractivity contribution in [2.45, 2.75) is 44.3 Å². The van der Waals surface area contributed by atoms with E-state index in [0.717, 1.165) is 30.6 Å². The van der Waals surface area contributed by atoms with Gasteiger partial charge in [0, 0.05) is 16.5 Å². The number of nitrogens with zero attached hydrogens (tertiary/aromatic N) is 1. The lowest BCUT2D eigenvalue weighted by atomic mass is 10.0. The molecular weight excluding hydrogens is 464 g/mol. The summed E-state index contributed by atoms with van der Waals surface area (Å²) in [5.74, 6) is 0.514. The Labute approximate surface area is 209 Å². The minimum Gasteiger partial charge on any atom is -0.508 e. The van der Waals surface area contributed by atoms with Crippen molar-refractivity contribution in [2.75, 3.05) is 14.2 Å². The number of phenols is 1. The van der Waals surface area contributed by atoms with E-state index >= 15 is 0 Å². The Morgan fingerprint density at radius 2 is 1.77 bits per heavy atom. The summed E-state index contributed by atoms with van der Waals surface area (Å²) >= 11 is 1.53. The molecule has 184 valence electrons. The third kappa shape index (κ3) is 5.77. The number of hydrogen-bond acceptors (Lipinski definition) is 6. The number of ether oxygens (including phenoxy) is 2. The highest BCUT2D eigenvalue weighted by Gasteiger charge is 2.34. The molecule has 0 unspecified atom stereocenters. The molecule has 1 aromatic heterocycles. The van der Waals surface area contributed by atoms with Crippen LogP contribution in [0.4, 0.5) is 0 Å². The average molecular weight is 495 g/mol. The van der Waals surface area contributed by atoms with Gasteiger partial charge >= 0.3 is 0 Å². The number of methoxy groups -OCH3 is 2. The predicted molar refractivity (Wildman–Crippen MR) is 135 cm³/mol. The molecule has 2 N–H and O–H groups in total. The van der Waals surface area contributed by atoms with Gasteiger partial charge in [0.1, 0.15) is 11.8 Å². The number of benzene rings is 2. The fourth-order valence-corrected chi connectivity index (χ4v) is 5.17. The van der Waals surface area contributed by atoms with Crippen LogP contribution in [0.15, 0.2) is 60.0 Å². The molecule has 7 nitrogen and oxygen atoms in total. The molecule has 2 aromatic carbocycles. The summed E-state index contributed by atoms with van der Waals surface area (Å²) in [7, 11) is 3.06. The second-order valence-corrected chi connectivity index (χ2v) is 9.60. The first-order valence-electron chi connectivity index (χ1n) is 11.6. The SMILES string of the molecule is COc1ccc(C(=O)N(Cc2cccs2)[C@H](C(=O)NC2CCCC2)c2ccc(O)cc2)cc1OC. The molecule has 1 aliphatic rings. The molecule has 1 atom stereocenters. The summed E-state index contributed by atoms with van der Waals surface area (Å²) in [6, 6.07) is 14.5. The zero-order valence-electron chi connectivity index (χ0n) is 19.9. The summed E-state index contributed by atoms with van der Waals surface area (Å²) in [6.07, 6.45) is 4.03. The van der Waals surface area contributed by atoms with Crippen LogP contribution >= 0.6 is 11.3 Å². The summed E-state index contributed by atoms with van der Waals surface area (Å²) in [6.45, 7) is 0.258. The van der Waals surface area contributed by atoms with Crippen molar-refractivity contribution in [3.63, 3.8) is 0 Å². The van der Waals surface area contributed by atoms with Crippen LogP contribution in [-0.4, -0.2) is 42.1 Å². The smallest absolute Gasteiger partial charge is 0.255 e. The minimum absolute atomic E-state index is 0.0970. The maximum atomic E-state index is 14.0. The summed E-state index contributed by atoms with van der Waals surface area (Å²) in [5, 5.41) is 15.0. The van der Waals surface area contributed by atoms with Crippen LogP contribution in [0.1, 0.15) is 52.5 Å². The highest BCUT2D eigenvalue weighted by Crippen LogP contribution is 2.32. The summed E-state index contributed by atoms with van der Waals surface area (Å²) in [4.78, 5) is 30.2. The molecule has 1 saturated carbocycles. The van der Waals surface area contributed by atoms with Gasteiger partial charge in [-0.05, 0) is 60.2 Å². The van der Waals surface area contributed by atoms with Gasteiger partial charge in [-0.15, -0.1) is 11.3 Å². The third-order valence-corrected chi connectivity index (χ3v) is 7.13. The standard InChI is InChI=1S/C27H30N2O5S/c1-33-23-14-11-19(16-24(23)34-2)27(32)29(17-22-8-5-15-35-22)25(18-9-12-21(30)13-10-18)26(31)28-20-6-3-4-7-20/h5,8-16,20,25,30H,3-4,6-7,17H2,1-2H3,(H,28,31)/t25-/m0/s1. The first-order chi connectivity index (χ1) is 17.0. The van der Waals surface area contributed by atoms with E-state index in [-0.39, 0.29) is 30.2 Å². The van der Waals surface area contributed by atoms with Gasteiger partial charge in [0.2, 0.25) is 5.91 Å². The molecule has 2 amide bonds. The Morgan fingerprint density at radius 3 is 2.40 bits per heavy atom. The highest BCUT2D eigenvalue weighted by molar-refractivity contribution is 7.09. The van der Waals surface area contributed by atoms with Crippen molar-refractivity contribution in [1.82, 2.24) is 10.2 Å². The zero-order valence-corrected chi connectivity index (χ0v) is 20.7.